The first-order chi connectivity index (χ1) is 16.0. The van der Waals surface area contributed by atoms with Crippen LogP contribution in [0, 0.1) is 5.92 Å². The number of hydrogen-bond acceptors (Lipinski definition) is 6. The highest BCUT2D eigenvalue weighted by Gasteiger charge is 2.26. The zero-order chi connectivity index (χ0) is 23.2. The second-order valence-corrected chi connectivity index (χ2v) is 8.98. The van der Waals surface area contributed by atoms with Crippen LogP contribution in [0.3, 0.4) is 0 Å². The highest BCUT2D eigenvalue weighted by molar-refractivity contribution is 5.81. The summed E-state index contributed by atoms with van der Waals surface area (Å²) in [4.78, 5) is 21.6. The minimum Gasteiger partial charge on any atom is -0.481 e. The summed E-state index contributed by atoms with van der Waals surface area (Å²) >= 11 is 0. The van der Waals surface area contributed by atoms with Crippen molar-refractivity contribution in [3.8, 4) is 17.1 Å². The predicted molar refractivity (Wildman–Crippen MR) is 127 cm³/mol. The summed E-state index contributed by atoms with van der Waals surface area (Å²) in [6, 6.07) is 17.8. The van der Waals surface area contributed by atoms with E-state index in [9.17, 15) is 4.79 Å². The Kier molecular flexibility index (Phi) is 7.40. The minimum absolute atomic E-state index is 0.0369. The average molecular weight is 449 g/mol. The third-order valence-electron chi connectivity index (χ3n) is 5.73. The monoisotopic (exact) mass is 448 g/mol. The van der Waals surface area contributed by atoms with Crippen LogP contribution in [-0.2, 0) is 17.8 Å². The standard InChI is InChI=1S/C26H32N4O3/c1-19(2)16-24-27-25(28-33-24)22-9-7-8-21(17-22)18-29-12-14-30(15-13-29)26(31)20(3)32-23-10-5-4-6-11-23/h4-11,17,19-20H,12-16,18H2,1-3H3. The van der Waals surface area contributed by atoms with E-state index in [-0.39, 0.29) is 5.91 Å². The molecule has 174 valence electrons. The van der Waals surface area contributed by atoms with Gasteiger partial charge in [-0.05, 0) is 36.6 Å². The number of ether oxygens (including phenoxy) is 1. The van der Waals surface area contributed by atoms with Crippen molar-refractivity contribution in [3.63, 3.8) is 0 Å². The number of hydrogen-bond donors (Lipinski definition) is 0. The Morgan fingerprint density at radius 1 is 1.03 bits per heavy atom. The molecule has 1 fully saturated rings. The third kappa shape index (κ3) is 6.20. The zero-order valence-corrected chi connectivity index (χ0v) is 19.6. The van der Waals surface area contributed by atoms with Crippen molar-refractivity contribution in [3.05, 3.63) is 66.1 Å². The predicted octanol–water partition coefficient (Wildman–Crippen LogP) is 4.05. The fourth-order valence-corrected chi connectivity index (χ4v) is 4.01. The summed E-state index contributed by atoms with van der Waals surface area (Å²) in [5, 5.41) is 4.15. The first kappa shape index (κ1) is 23.0. The van der Waals surface area contributed by atoms with Gasteiger partial charge in [0.05, 0.1) is 0 Å². The van der Waals surface area contributed by atoms with Gasteiger partial charge in [-0.3, -0.25) is 9.69 Å². The number of benzene rings is 2. The summed E-state index contributed by atoms with van der Waals surface area (Å²) in [5.41, 5.74) is 2.16. The van der Waals surface area contributed by atoms with E-state index in [1.54, 1.807) is 0 Å². The molecule has 2 heterocycles. The average Bonchev–Trinajstić information content (AvgIpc) is 3.28. The lowest BCUT2D eigenvalue weighted by Crippen LogP contribution is -2.51. The van der Waals surface area contributed by atoms with Crippen LogP contribution in [0.2, 0.25) is 0 Å². The van der Waals surface area contributed by atoms with Gasteiger partial charge in [0.25, 0.3) is 5.91 Å². The maximum absolute atomic E-state index is 12.8. The molecule has 0 aliphatic carbocycles. The fourth-order valence-electron chi connectivity index (χ4n) is 4.01. The lowest BCUT2D eigenvalue weighted by atomic mass is 10.1. The molecule has 0 spiro atoms. The molecule has 1 amide bonds. The summed E-state index contributed by atoms with van der Waals surface area (Å²) in [5.74, 6) is 2.54. The van der Waals surface area contributed by atoms with E-state index in [2.05, 4.69) is 41.0 Å². The Morgan fingerprint density at radius 2 is 1.79 bits per heavy atom. The molecule has 1 saturated heterocycles. The summed E-state index contributed by atoms with van der Waals surface area (Å²) in [6.07, 6.45) is 0.288. The van der Waals surface area contributed by atoms with Gasteiger partial charge < -0.3 is 14.2 Å². The summed E-state index contributed by atoms with van der Waals surface area (Å²) < 4.78 is 11.2. The molecule has 7 heteroatoms. The number of nitrogens with zero attached hydrogens (tertiary/aromatic N) is 4. The lowest BCUT2D eigenvalue weighted by Gasteiger charge is -2.36. The molecule has 1 aliphatic heterocycles. The zero-order valence-electron chi connectivity index (χ0n) is 19.6. The van der Waals surface area contributed by atoms with E-state index in [1.807, 2.05) is 54.3 Å². The van der Waals surface area contributed by atoms with Crippen molar-refractivity contribution >= 4 is 5.91 Å². The maximum Gasteiger partial charge on any atom is 0.263 e. The van der Waals surface area contributed by atoms with E-state index in [0.717, 1.165) is 37.4 Å². The van der Waals surface area contributed by atoms with E-state index >= 15 is 0 Å². The largest absolute Gasteiger partial charge is 0.481 e. The molecule has 0 saturated carbocycles. The first-order valence-corrected chi connectivity index (χ1v) is 11.6. The summed E-state index contributed by atoms with van der Waals surface area (Å²) in [6.45, 7) is 9.96. The van der Waals surface area contributed by atoms with Crippen molar-refractivity contribution in [1.29, 1.82) is 0 Å². The molecular weight excluding hydrogens is 416 g/mol. The number of para-hydroxylation sites is 1. The highest BCUT2D eigenvalue weighted by Crippen LogP contribution is 2.20. The smallest absolute Gasteiger partial charge is 0.263 e. The third-order valence-corrected chi connectivity index (χ3v) is 5.73. The number of carbonyl (C=O) groups excluding carboxylic acids is 1. The Hall–Kier alpha value is -3.19. The molecule has 1 atom stereocenters. The molecule has 1 unspecified atom stereocenters. The Labute approximate surface area is 195 Å². The van der Waals surface area contributed by atoms with Gasteiger partial charge in [0, 0.05) is 44.7 Å². The van der Waals surface area contributed by atoms with Crippen LogP contribution in [0.25, 0.3) is 11.4 Å². The van der Waals surface area contributed by atoms with Gasteiger partial charge >= 0.3 is 0 Å². The second kappa shape index (κ2) is 10.6. The molecule has 3 aromatic rings. The van der Waals surface area contributed by atoms with Gasteiger partial charge in [-0.2, -0.15) is 4.98 Å². The number of amides is 1. The van der Waals surface area contributed by atoms with E-state index in [1.165, 1.54) is 5.56 Å². The molecule has 2 aromatic carbocycles. The van der Waals surface area contributed by atoms with E-state index < -0.39 is 6.10 Å². The van der Waals surface area contributed by atoms with Crippen LogP contribution < -0.4 is 4.74 Å². The van der Waals surface area contributed by atoms with Crippen molar-refractivity contribution in [2.75, 3.05) is 26.2 Å². The number of rotatable bonds is 8. The maximum atomic E-state index is 12.8. The second-order valence-electron chi connectivity index (χ2n) is 8.98. The van der Waals surface area contributed by atoms with Gasteiger partial charge in [-0.25, -0.2) is 0 Å². The van der Waals surface area contributed by atoms with Crippen molar-refractivity contribution in [2.24, 2.45) is 5.92 Å². The quantitative estimate of drug-likeness (QED) is 0.518. The van der Waals surface area contributed by atoms with Crippen molar-refractivity contribution < 1.29 is 14.1 Å². The van der Waals surface area contributed by atoms with Crippen LogP contribution in [0.4, 0.5) is 0 Å². The van der Waals surface area contributed by atoms with Gasteiger partial charge in [-0.15, -0.1) is 0 Å². The summed E-state index contributed by atoms with van der Waals surface area (Å²) in [7, 11) is 0. The Bertz CT molecular complexity index is 1040. The Balaban J connectivity index is 1.29. The molecule has 7 nitrogen and oxygen atoms in total. The normalized spacial score (nSPS) is 15.6. The topological polar surface area (TPSA) is 71.7 Å². The molecular formula is C26H32N4O3. The van der Waals surface area contributed by atoms with E-state index in [4.69, 9.17) is 9.26 Å². The van der Waals surface area contributed by atoms with Crippen LogP contribution in [0.5, 0.6) is 5.75 Å². The van der Waals surface area contributed by atoms with Crippen LogP contribution in [0.15, 0.2) is 59.1 Å². The van der Waals surface area contributed by atoms with Gasteiger partial charge in [-0.1, -0.05) is 55.4 Å². The number of carbonyl (C=O) groups is 1. The highest BCUT2D eigenvalue weighted by atomic mass is 16.5. The number of aromatic nitrogens is 2. The fraction of sp³-hybridized carbons (Fsp3) is 0.423. The Morgan fingerprint density at radius 3 is 2.52 bits per heavy atom. The minimum atomic E-state index is -0.494. The SMILES string of the molecule is CC(C)Cc1nc(-c2cccc(CN3CCN(C(=O)C(C)Oc4ccccc4)CC3)c2)no1. The van der Waals surface area contributed by atoms with Gasteiger partial charge in [0.2, 0.25) is 11.7 Å². The van der Waals surface area contributed by atoms with Crippen LogP contribution in [0.1, 0.15) is 32.2 Å². The molecule has 0 bridgehead atoms. The van der Waals surface area contributed by atoms with Crippen molar-refractivity contribution in [1.82, 2.24) is 19.9 Å². The number of piperazine rings is 1. The van der Waals surface area contributed by atoms with Gasteiger partial charge in [0.1, 0.15) is 5.75 Å². The first-order valence-electron chi connectivity index (χ1n) is 11.6. The molecule has 0 radical (unpaired) electrons. The molecule has 4 rings (SSSR count). The van der Waals surface area contributed by atoms with Gasteiger partial charge in [0.15, 0.2) is 6.10 Å². The molecule has 33 heavy (non-hydrogen) atoms. The molecule has 1 aliphatic rings. The van der Waals surface area contributed by atoms with Crippen molar-refractivity contribution in [2.45, 2.75) is 39.8 Å². The van der Waals surface area contributed by atoms with E-state index in [0.29, 0.717) is 30.7 Å². The van der Waals surface area contributed by atoms with Crippen LogP contribution in [-0.4, -0.2) is 58.1 Å². The molecule has 1 aromatic heterocycles. The van der Waals surface area contributed by atoms with Crippen LogP contribution >= 0.6 is 0 Å². The lowest BCUT2D eigenvalue weighted by molar-refractivity contribution is -0.139. The molecule has 0 N–H and O–H groups in total.